The summed E-state index contributed by atoms with van der Waals surface area (Å²) >= 11 is 1.97. The molecule has 0 aromatic heterocycles. The molecule has 2 heterocycles. The van der Waals surface area contributed by atoms with Crippen LogP contribution in [0.1, 0.15) is 24.8 Å². The highest BCUT2D eigenvalue weighted by atomic mass is 32.2. The first-order valence-corrected chi connectivity index (χ1v) is 8.51. The number of hydrogen-bond acceptors (Lipinski definition) is 5. The van der Waals surface area contributed by atoms with Crippen LogP contribution >= 0.6 is 11.8 Å². The number of benzene rings is 1. The van der Waals surface area contributed by atoms with Crippen molar-refractivity contribution in [2.24, 2.45) is 0 Å². The number of hydrogen-bond donors (Lipinski definition) is 1. The summed E-state index contributed by atoms with van der Waals surface area (Å²) in [6.45, 7) is 1.49. The highest BCUT2D eigenvalue weighted by molar-refractivity contribution is 7.99. The Kier molecular flexibility index (Phi) is 4.47. The van der Waals surface area contributed by atoms with Crippen molar-refractivity contribution in [1.29, 1.82) is 0 Å². The van der Waals surface area contributed by atoms with Gasteiger partial charge in [-0.1, -0.05) is 12.1 Å². The number of rotatable bonds is 4. The number of ether oxygens (including phenoxy) is 1. The molecular formula is C15H20N2O3S. The van der Waals surface area contributed by atoms with Crippen LogP contribution in [0.2, 0.25) is 0 Å². The normalized spacial score (nSPS) is 28.9. The Labute approximate surface area is 128 Å². The molecule has 0 saturated carbocycles. The van der Waals surface area contributed by atoms with Gasteiger partial charge in [0, 0.05) is 37.1 Å². The third-order valence-corrected chi connectivity index (χ3v) is 5.50. The van der Waals surface area contributed by atoms with Gasteiger partial charge in [0.2, 0.25) is 0 Å². The molecule has 1 N–H and O–H groups in total. The number of nitro benzene ring substituents is 1. The molecule has 2 saturated heterocycles. The van der Waals surface area contributed by atoms with Crippen LogP contribution in [0.25, 0.3) is 0 Å². The van der Waals surface area contributed by atoms with Crippen LogP contribution in [0.4, 0.5) is 5.69 Å². The second kappa shape index (κ2) is 6.34. The SMILES string of the molecule is O=[N+]([O-])c1cccc(CNC2CCOC3(CCSC3)C2)c1. The molecule has 0 radical (unpaired) electrons. The number of nitrogens with zero attached hydrogens (tertiary/aromatic N) is 1. The van der Waals surface area contributed by atoms with Gasteiger partial charge in [-0.25, -0.2) is 0 Å². The molecule has 1 aromatic carbocycles. The van der Waals surface area contributed by atoms with Gasteiger partial charge in [0.1, 0.15) is 0 Å². The minimum absolute atomic E-state index is 0.0727. The molecule has 2 fully saturated rings. The monoisotopic (exact) mass is 308 g/mol. The zero-order chi connectivity index (χ0) is 14.7. The second-order valence-corrected chi connectivity index (χ2v) is 6.94. The van der Waals surface area contributed by atoms with Gasteiger partial charge in [-0.15, -0.1) is 0 Å². The fourth-order valence-electron chi connectivity index (χ4n) is 3.11. The Bertz CT molecular complexity index is 517. The van der Waals surface area contributed by atoms with E-state index in [1.807, 2.05) is 17.8 Å². The van der Waals surface area contributed by atoms with Crippen molar-refractivity contribution in [2.45, 2.75) is 37.5 Å². The Morgan fingerprint density at radius 1 is 1.52 bits per heavy atom. The Morgan fingerprint density at radius 3 is 3.19 bits per heavy atom. The minimum atomic E-state index is -0.345. The van der Waals surface area contributed by atoms with Crippen molar-refractivity contribution < 1.29 is 9.66 Å². The van der Waals surface area contributed by atoms with E-state index >= 15 is 0 Å². The van der Waals surface area contributed by atoms with Crippen molar-refractivity contribution >= 4 is 17.4 Å². The average Bonchev–Trinajstić information content (AvgIpc) is 2.93. The lowest BCUT2D eigenvalue weighted by Crippen LogP contribution is -2.47. The van der Waals surface area contributed by atoms with E-state index in [-0.39, 0.29) is 16.2 Å². The maximum atomic E-state index is 10.8. The largest absolute Gasteiger partial charge is 0.374 e. The predicted octanol–water partition coefficient (Wildman–Crippen LogP) is 2.74. The molecule has 2 atom stereocenters. The molecule has 2 aliphatic heterocycles. The van der Waals surface area contributed by atoms with Crippen LogP contribution in [0.5, 0.6) is 0 Å². The summed E-state index contributed by atoms with van der Waals surface area (Å²) in [6.07, 6.45) is 3.21. The van der Waals surface area contributed by atoms with E-state index in [1.54, 1.807) is 12.1 Å². The summed E-state index contributed by atoms with van der Waals surface area (Å²) in [5.74, 6) is 2.29. The standard InChI is InChI=1S/C15H20N2O3S/c18-17(19)14-3-1-2-12(8-14)10-16-13-4-6-20-15(9-13)5-7-21-11-15/h1-3,8,13,16H,4-7,9-11H2. The summed E-state index contributed by atoms with van der Waals surface area (Å²) in [5.41, 5.74) is 1.19. The summed E-state index contributed by atoms with van der Waals surface area (Å²) in [6, 6.07) is 7.29. The highest BCUT2D eigenvalue weighted by Gasteiger charge is 2.40. The van der Waals surface area contributed by atoms with E-state index in [0.29, 0.717) is 12.6 Å². The lowest BCUT2D eigenvalue weighted by atomic mass is 9.90. The molecule has 114 valence electrons. The maximum absolute atomic E-state index is 10.8. The lowest BCUT2D eigenvalue weighted by Gasteiger charge is -2.38. The van der Waals surface area contributed by atoms with Crippen molar-refractivity contribution in [1.82, 2.24) is 5.32 Å². The van der Waals surface area contributed by atoms with Crippen LogP contribution in [-0.2, 0) is 11.3 Å². The second-order valence-electron chi connectivity index (χ2n) is 5.83. The van der Waals surface area contributed by atoms with E-state index in [2.05, 4.69) is 5.32 Å². The summed E-state index contributed by atoms with van der Waals surface area (Å²) in [5, 5.41) is 14.3. The van der Waals surface area contributed by atoms with Gasteiger partial charge >= 0.3 is 0 Å². The fourth-order valence-corrected chi connectivity index (χ4v) is 4.49. The smallest absolute Gasteiger partial charge is 0.269 e. The first kappa shape index (κ1) is 14.8. The van der Waals surface area contributed by atoms with E-state index in [1.165, 1.54) is 11.8 Å². The van der Waals surface area contributed by atoms with Crippen LogP contribution in [0.3, 0.4) is 0 Å². The Hall–Kier alpha value is -1.11. The summed E-state index contributed by atoms with van der Waals surface area (Å²) in [4.78, 5) is 10.5. The molecule has 2 unspecified atom stereocenters. The van der Waals surface area contributed by atoms with E-state index in [0.717, 1.165) is 37.2 Å². The topological polar surface area (TPSA) is 64.4 Å². The first-order valence-electron chi connectivity index (χ1n) is 7.35. The Balaban J connectivity index is 1.57. The van der Waals surface area contributed by atoms with Crippen LogP contribution in [-0.4, -0.2) is 34.7 Å². The van der Waals surface area contributed by atoms with Gasteiger partial charge in [-0.2, -0.15) is 11.8 Å². The molecule has 0 amide bonds. The Morgan fingerprint density at radius 2 is 2.43 bits per heavy atom. The van der Waals surface area contributed by atoms with Gasteiger partial charge < -0.3 is 10.1 Å². The fraction of sp³-hybridized carbons (Fsp3) is 0.600. The zero-order valence-electron chi connectivity index (χ0n) is 11.9. The summed E-state index contributed by atoms with van der Waals surface area (Å²) < 4.78 is 6.01. The van der Waals surface area contributed by atoms with Gasteiger partial charge in [0.15, 0.2) is 0 Å². The third kappa shape index (κ3) is 3.56. The lowest BCUT2D eigenvalue weighted by molar-refractivity contribution is -0.384. The van der Waals surface area contributed by atoms with E-state index < -0.39 is 0 Å². The first-order chi connectivity index (χ1) is 10.2. The van der Waals surface area contributed by atoms with E-state index in [9.17, 15) is 10.1 Å². The zero-order valence-corrected chi connectivity index (χ0v) is 12.7. The molecule has 6 heteroatoms. The molecule has 0 bridgehead atoms. The molecule has 1 spiro atoms. The molecule has 2 aliphatic rings. The molecule has 3 rings (SSSR count). The third-order valence-electron chi connectivity index (χ3n) is 4.28. The molecule has 1 aromatic rings. The quantitative estimate of drug-likeness (QED) is 0.684. The van der Waals surface area contributed by atoms with E-state index in [4.69, 9.17) is 4.74 Å². The number of thioether (sulfide) groups is 1. The van der Waals surface area contributed by atoms with Crippen LogP contribution in [0, 0.1) is 10.1 Å². The molecule has 0 aliphatic carbocycles. The molecule has 21 heavy (non-hydrogen) atoms. The van der Waals surface area contributed by atoms with Crippen molar-refractivity contribution in [3.8, 4) is 0 Å². The van der Waals surface area contributed by atoms with Gasteiger partial charge in [-0.3, -0.25) is 10.1 Å². The summed E-state index contributed by atoms with van der Waals surface area (Å²) in [7, 11) is 0. The molecule has 5 nitrogen and oxygen atoms in total. The number of non-ortho nitro benzene ring substituents is 1. The molecular weight excluding hydrogens is 288 g/mol. The van der Waals surface area contributed by atoms with Gasteiger partial charge in [0.05, 0.1) is 10.5 Å². The predicted molar refractivity (Wildman–Crippen MR) is 83.6 cm³/mol. The van der Waals surface area contributed by atoms with Gasteiger partial charge in [-0.05, 0) is 30.6 Å². The van der Waals surface area contributed by atoms with Crippen molar-refractivity contribution in [3.05, 3.63) is 39.9 Å². The van der Waals surface area contributed by atoms with Crippen molar-refractivity contribution in [2.75, 3.05) is 18.1 Å². The van der Waals surface area contributed by atoms with Gasteiger partial charge in [0.25, 0.3) is 5.69 Å². The van der Waals surface area contributed by atoms with Crippen molar-refractivity contribution in [3.63, 3.8) is 0 Å². The minimum Gasteiger partial charge on any atom is -0.374 e. The highest BCUT2D eigenvalue weighted by Crippen LogP contribution is 2.38. The number of nitro groups is 1. The number of nitrogens with one attached hydrogen (secondary N) is 1. The average molecular weight is 308 g/mol. The van der Waals surface area contributed by atoms with Crippen LogP contribution in [0.15, 0.2) is 24.3 Å². The maximum Gasteiger partial charge on any atom is 0.269 e. The van der Waals surface area contributed by atoms with Crippen LogP contribution < -0.4 is 5.32 Å².